The summed E-state index contributed by atoms with van der Waals surface area (Å²) in [5, 5.41) is 3.36. The van der Waals surface area contributed by atoms with Crippen molar-refractivity contribution in [2.75, 3.05) is 6.54 Å². The summed E-state index contributed by atoms with van der Waals surface area (Å²) >= 11 is 0. The van der Waals surface area contributed by atoms with Crippen molar-refractivity contribution in [2.24, 2.45) is 5.92 Å². The van der Waals surface area contributed by atoms with Crippen LogP contribution in [0, 0.1) is 18.7 Å². The molecule has 0 aliphatic rings. The van der Waals surface area contributed by atoms with E-state index in [0.29, 0.717) is 18.0 Å². The van der Waals surface area contributed by atoms with Crippen molar-refractivity contribution in [3.63, 3.8) is 0 Å². The minimum absolute atomic E-state index is 0.134. The quantitative estimate of drug-likeness (QED) is 0.866. The molecule has 3 nitrogen and oxygen atoms in total. The van der Waals surface area contributed by atoms with E-state index in [1.54, 1.807) is 19.2 Å². The predicted octanol–water partition coefficient (Wildman–Crippen LogP) is 2.76. The topological polar surface area (TPSA) is 29.9 Å². The molecule has 1 unspecified atom stereocenters. The number of rotatable bonds is 6. The predicted molar refractivity (Wildman–Crippen MR) is 74.2 cm³/mol. The highest BCUT2D eigenvalue weighted by Gasteiger charge is 2.03. The summed E-state index contributed by atoms with van der Waals surface area (Å²) in [7, 11) is 0. The van der Waals surface area contributed by atoms with Crippen LogP contribution in [0.1, 0.15) is 18.1 Å². The number of halogens is 1. The lowest BCUT2D eigenvalue weighted by atomic mass is 10.1. The van der Waals surface area contributed by atoms with Crippen LogP contribution < -0.4 is 5.32 Å². The molecule has 0 aliphatic carbocycles. The highest BCUT2D eigenvalue weighted by Crippen LogP contribution is 2.09. The molecule has 102 valence electrons. The zero-order valence-corrected chi connectivity index (χ0v) is 11.4. The molecule has 1 N–H and O–H groups in total. The second-order valence-corrected chi connectivity index (χ2v) is 5.08. The molecule has 0 aliphatic heterocycles. The molecule has 0 saturated heterocycles. The van der Waals surface area contributed by atoms with Crippen molar-refractivity contribution in [2.45, 2.75) is 26.9 Å². The first kappa shape index (κ1) is 13.7. The number of nitrogens with one attached hydrogen (secondary N) is 1. The monoisotopic (exact) mass is 261 g/mol. The Morgan fingerprint density at radius 2 is 2.26 bits per heavy atom. The molecule has 0 radical (unpaired) electrons. The molecule has 1 aromatic carbocycles. The van der Waals surface area contributed by atoms with Gasteiger partial charge in [0, 0.05) is 25.5 Å². The van der Waals surface area contributed by atoms with E-state index in [2.05, 4.69) is 21.8 Å². The number of benzene rings is 1. The molecule has 0 amide bonds. The van der Waals surface area contributed by atoms with Crippen LogP contribution in [0.2, 0.25) is 0 Å². The Balaban J connectivity index is 1.75. The Morgan fingerprint density at radius 3 is 2.95 bits per heavy atom. The Morgan fingerprint density at radius 1 is 1.42 bits per heavy atom. The van der Waals surface area contributed by atoms with Crippen molar-refractivity contribution in [1.29, 1.82) is 0 Å². The Labute approximate surface area is 113 Å². The second-order valence-electron chi connectivity index (χ2n) is 5.08. The van der Waals surface area contributed by atoms with Gasteiger partial charge in [0.15, 0.2) is 0 Å². The molecule has 0 fully saturated rings. The van der Waals surface area contributed by atoms with E-state index < -0.39 is 0 Å². The van der Waals surface area contributed by atoms with Gasteiger partial charge < -0.3 is 9.88 Å². The highest BCUT2D eigenvalue weighted by molar-refractivity contribution is 5.23. The van der Waals surface area contributed by atoms with E-state index in [1.165, 1.54) is 0 Å². The van der Waals surface area contributed by atoms with Gasteiger partial charge in [-0.3, -0.25) is 0 Å². The first-order valence-corrected chi connectivity index (χ1v) is 6.56. The third-order valence-corrected chi connectivity index (χ3v) is 3.14. The molecule has 4 heteroatoms. The van der Waals surface area contributed by atoms with Crippen molar-refractivity contribution >= 4 is 0 Å². The van der Waals surface area contributed by atoms with Crippen LogP contribution in [0.4, 0.5) is 4.39 Å². The number of imidazole rings is 1. The summed E-state index contributed by atoms with van der Waals surface area (Å²) in [5.74, 6) is 0.371. The van der Waals surface area contributed by atoms with Crippen LogP contribution in [0.15, 0.2) is 36.9 Å². The van der Waals surface area contributed by atoms with E-state index in [4.69, 9.17) is 0 Å². The van der Waals surface area contributed by atoms with E-state index in [9.17, 15) is 4.39 Å². The standard InChI is InChI=1S/C15H20FN3/c1-12(10-19-6-5-17-11-19)8-18-9-14-4-3-13(2)15(16)7-14/h3-7,11-12,18H,8-10H2,1-2H3. The lowest BCUT2D eigenvalue weighted by Crippen LogP contribution is -2.23. The fourth-order valence-electron chi connectivity index (χ4n) is 2.03. The van der Waals surface area contributed by atoms with Gasteiger partial charge in [0.1, 0.15) is 5.82 Å². The molecule has 0 bridgehead atoms. The number of hydrogen-bond acceptors (Lipinski definition) is 2. The largest absolute Gasteiger partial charge is 0.337 e. The SMILES string of the molecule is Cc1ccc(CNCC(C)Cn2ccnc2)cc1F. The van der Waals surface area contributed by atoms with Crippen LogP contribution in [-0.4, -0.2) is 16.1 Å². The van der Waals surface area contributed by atoms with Gasteiger partial charge in [0.25, 0.3) is 0 Å². The summed E-state index contributed by atoms with van der Waals surface area (Å²) in [6.07, 6.45) is 5.58. The molecular formula is C15H20FN3. The molecular weight excluding hydrogens is 241 g/mol. The van der Waals surface area contributed by atoms with Gasteiger partial charge in [-0.25, -0.2) is 9.37 Å². The molecule has 0 spiro atoms. The van der Waals surface area contributed by atoms with Crippen LogP contribution in [0.25, 0.3) is 0 Å². The Hall–Kier alpha value is -1.68. The molecule has 1 atom stereocenters. The molecule has 2 aromatic rings. The molecule has 0 saturated carbocycles. The fourth-order valence-corrected chi connectivity index (χ4v) is 2.03. The molecule has 19 heavy (non-hydrogen) atoms. The molecule has 1 aromatic heterocycles. The maximum absolute atomic E-state index is 13.4. The fraction of sp³-hybridized carbons (Fsp3) is 0.400. The third-order valence-electron chi connectivity index (χ3n) is 3.14. The first-order chi connectivity index (χ1) is 9.15. The van der Waals surface area contributed by atoms with Gasteiger partial charge in [-0.15, -0.1) is 0 Å². The summed E-state index contributed by atoms with van der Waals surface area (Å²) in [6, 6.07) is 5.38. The van der Waals surface area contributed by atoms with Crippen LogP contribution in [0.5, 0.6) is 0 Å². The summed E-state index contributed by atoms with van der Waals surface area (Å²) < 4.78 is 15.4. The normalized spacial score (nSPS) is 12.6. The number of aryl methyl sites for hydroxylation is 1. The van der Waals surface area contributed by atoms with E-state index in [0.717, 1.165) is 18.7 Å². The lowest BCUT2D eigenvalue weighted by Gasteiger charge is -2.13. The maximum Gasteiger partial charge on any atom is 0.126 e. The van der Waals surface area contributed by atoms with E-state index >= 15 is 0 Å². The zero-order chi connectivity index (χ0) is 13.7. The second kappa shape index (κ2) is 6.48. The summed E-state index contributed by atoms with van der Waals surface area (Å²) in [5.41, 5.74) is 1.68. The van der Waals surface area contributed by atoms with Gasteiger partial charge in [-0.2, -0.15) is 0 Å². The van der Waals surface area contributed by atoms with Gasteiger partial charge >= 0.3 is 0 Å². The lowest BCUT2D eigenvalue weighted by molar-refractivity contribution is 0.444. The van der Waals surface area contributed by atoms with Crippen LogP contribution in [-0.2, 0) is 13.1 Å². The van der Waals surface area contributed by atoms with E-state index in [1.807, 2.05) is 24.7 Å². The molecule has 1 heterocycles. The van der Waals surface area contributed by atoms with Gasteiger partial charge in [-0.1, -0.05) is 19.1 Å². The van der Waals surface area contributed by atoms with Gasteiger partial charge in [0.05, 0.1) is 6.33 Å². The average Bonchev–Trinajstić information content (AvgIpc) is 2.86. The van der Waals surface area contributed by atoms with Gasteiger partial charge in [-0.05, 0) is 36.6 Å². The van der Waals surface area contributed by atoms with Crippen molar-refractivity contribution < 1.29 is 4.39 Å². The first-order valence-electron chi connectivity index (χ1n) is 6.56. The van der Waals surface area contributed by atoms with Crippen molar-refractivity contribution in [1.82, 2.24) is 14.9 Å². The number of nitrogens with zero attached hydrogens (tertiary/aromatic N) is 2. The van der Waals surface area contributed by atoms with Crippen LogP contribution in [0.3, 0.4) is 0 Å². The minimum atomic E-state index is -0.134. The minimum Gasteiger partial charge on any atom is -0.337 e. The van der Waals surface area contributed by atoms with Crippen LogP contribution >= 0.6 is 0 Å². The summed E-state index contributed by atoms with van der Waals surface area (Å²) in [6.45, 7) is 6.50. The van der Waals surface area contributed by atoms with E-state index in [-0.39, 0.29) is 5.82 Å². The maximum atomic E-state index is 13.4. The Kier molecular flexibility index (Phi) is 4.68. The third kappa shape index (κ3) is 4.17. The Bertz CT molecular complexity index is 508. The number of aromatic nitrogens is 2. The van der Waals surface area contributed by atoms with Gasteiger partial charge in [0.2, 0.25) is 0 Å². The zero-order valence-electron chi connectivity index (χ0n) is 11.4. The van der Waals surface area contributed by atoms with Crippen molar-refractivity contribution in [3.05, 3.63) is 53.9 Å². The average molecular weight is 261 g/mol. The molecule has 2 rings (SSSR count). The smallest absolute Gasteiger partial charge is 0.126 e. The van der Waals surface area contributed by atoms with Crippen molar-refractivity contribution in [3.8, 4) is 0 Å². The highest BCUT2D eigenvalue weighted by atomic mass is 19.1. The summed E-state index contributed by atoms with van der Waals surface area (Å²) in [4.78, 5) is 4.02. The number of hydrogen-bond donors (Lipinski definition) is 1.